The lowest BCUT2D eigenvalue weighted by molar-refractivity contribution is 0.110. The number of hydrogen-bond acceptors (Lipinski definition) is 2. The Morgan fingerprint density at radius 1 is 1.26 bits per heavy atom. The van der Waals surface area contributed by atoms with Gasteiger partial charge in [0.2, 0.25) is 0 Å². The Kier molecular flexibility index (Phi) is 7.11. The molecule has 0 saturated heterocycles. The van der Waals surface area contributed by atoms with Crippen LogP contribution in [0, 0.1) is 0 Å². The minimum atomic E-state index is -0.140. The van der Waals surface area contributed by atoms with Crippen molar-refractivity contribution < 1.29 is 9.47 Å². The maximum Gasteiger partial charge on any atom is 0.118 e. The van der Waals surface area contributed by atoms with Gasteiger partial charge in [0.15, 0.2) is 0 Å². The van der Waals surface area contributed by atoms with Crippen LogP contribution in [0.15, 0.2) is 67.0 Å². The number of rotatable bonds is 7. The van der Waals surface area contributed by atoms with E-state index in [0.29, 0.717) is 6.61 Å². The van der Waals surface area contributed by atoms with E-state index < -0.39 is 0 Å². The van der Waals surface area contributed by atoms with Crippen molar-refractivity contribution in [1.82, 2.24) is 0 Å². The zero-order valence-corrected chi connectivity index (χ0v) is 11.5. The van der Waals surface area contributed by atoms with Crippen LogP contribution in [-0.2, 0) is 4.74 Å². The fraction of sp³-hybridized carbons (Fsp3) is 0.235. The second kappa shape index (κ2) is 8.98. The number of hydrogen-bond donors (Lipinski definition) is 0. The normalized spacial score (nSPS) is 12.5. The molecule has 2 nitrogen and oxygen atoms in total. The molecule has 0 aromatic heterocycles. The molecule has 1 aromatic rings. The van der Waals surface area contributed by atoms with Crippen molar-refractivity contribution in [3.05, 3.63) is 72.5 Å². The molecule has 0 radical (unpaired) electrons. The van der Waals surface area contributed by atoms with Crippen molar-refractivity contribution in [2.45, 2.75) is 13.0 Å². The Labute approximate surface area is 115 Å². The Morgan fingerprint density at radius 2 is 2.00 bits per heavy atom. The largest absolute Gasteiger partial charge is 0.497 e. The molecule has 0 fully saturated rings. The van der Waals surface area contributed by atoms with Crippen molar-refractivity contribution in [1.29, 1.82) is 0 Å². The molecule has 0 aliphatic carbocycles. The third-order valence-corrected chi connectivity index (χ3v) is 2.53. The van der Waals surface area contributed by atoms with Gasteiger partial charge in [-0.3, -0.25) is 0 Å². The summed E-state index contributed by atoms with van der Waals surface area (Å²) in [4.78, 5) is 0. The molecule has 0 amide bonds. The molecule has 1 aromatic carbocycles. The topological polar surface area (TPSA) is 18.5 Å². The average molecular weight is 256 g/mol. The standard InChI is InChI=1S/C17H20O2/c1-4-6-7-8-14-19-17(9-5-2)15-10-12-16(18-3)13-11-15/h4,6-13,17H,2,14H2,1,3H3/b6-4+,8-7+. The number of ether oxygens (including phenoxy) is 2. The minimum absolute atomic E-state index is 0.140. The summed E-state index contributed by atoms with van der Waals surface area (Å²) in [6.07, 6.45) is 9.54. The van der Waals surface area contributed by atoms with Crippen LogP contribution in [0.1, 0.15) is 18.6 Å². The van der Waals surface area contributed by atoms with Gasteiger partial charge < -0.3 is 9.47 Å². The fourth-order valence-electron chi connectivity index (χ4n) is 1.55. The van der Waals surface area contributed by atoms with Gasteiger partial charge in [-0.25, -0.2) is 0 Å². The monoisotopic (exact) mass is 256 g/mol. The first-order valence-corrected chi connectivity index (χ1v) is 6.21. The summed E-state index contributed by atoms with van der Waals surface area (Å²) in [5.74, 6) is 0.832. The number of allylic oxidation sites excluding steroid dienone is 3. The van der Waals surface area contributed by atoms with Gasteiger partial charge in [-0.1, -0.05) is 43.0 Å². The summed E-state index contributed by atoms with van der Waals surface area (Å²) in [5, 5.41) is 0. The summed E-state index contributed by atoms with van der Waals surface area (Å²) < 4.78 is 10.9. The van der Waals surface area contributed by atoms with Crippen LogP contribution < -0.4 is 4.74 Å². The van der Waals surface area contributed by atoms with Crippen molar-refractivity contribution in [3.8, 4) is 5.75 Å². The predicted molar refractivity (Wildman–Crippen MR) is 79.4 cm³/mol. The molecular weight excluding hydrogens is 236 g/mol. The first kappa shape index (κ1) is 15.0. The summed E-state index contributed by atoms with van der Waals surface area (Å²) in [6, 6.07) is 7.79. The quantitative estimate of drug-likeness (QED) is 0.537. The first-order chi connectivity index (χ1) is 9.31. The van der Waals surface area contributed by atoms with E-state index in [4.69, 9.17) is 9.47 Å². The van der Waals surface area contributed by atoms with E-state index in [-0.39, 0.29) is 6.10 Å². The molecule has 100 valence electrons. The van der Waals surface area contributed by atoms with E-state index in [1.807, 2.05) is 61.6 Å². The van der Waals surface area contributed by atoms with E-state index >= 15 is 0 Å². The Morgan fingerprint density at radius 3 is 2.58 bits per heavy atom. The van der Waals surface area contributed by atoms with Crippen LogP contribution in [0.2, 0.25) is 0 Å². The molecular formula is C17H20O2. The third-order valence-electron chi connectivity index (χ3n) is 2.53. The minimum Gasteiger partial charge on any atom is -0.497 e. The van der Waals surface area contributed by atoms with Crippen LogP contribution in [-0.4, -0.2) is 13.7 Å². The molecule has 1 atom stereocenters. The van der Waals surface area contributed by atoms with Crippen LogP contribution in [0.25, 0.3) is 0 Å². The Balaban J connectivity index is 2.67. The second-order valence-corrected chi connectivity index (χ2v) is 3.85. The van der Waals surface area contributed by atoms with Crippen molar-refractivity contribution in [2.75, 3.05) is 13.7 Å². The van der Waals surface area contributed by atoms with Crippen LogP contribution in [0.3, 0.4) is 0 Å². The third kappa shape index (κ3) is 5.43. The molecule has 0 spiro atoms. The SMILES string of the molecule is C=C=CC(OC/C=C/C=C/C)c1ccc(OC)cc1. The molecule has 1 unspecified atom stereocenters. The molecule has 0 bridgehead atoms. The van der Waals surface area contributed by atoms with Crippen molar-refractivity contribution in [3.63, 3.8) is 0 Å². The van der Waals surface area contributed by atoms with Gasteiger partial charge in [-0.05, 0) is 30.7 Å². The highest BCUT2D eigenvalue weighted by Crippen LogP contribution is 2.21. The zero-order chi connectivity index (χ0) is 13.9. The summed E-state index contributed by atoms with van der Waals surface area (Å²) in [5.41, 5.74) is 3.83. The van der Waals surface area contributed by atoms with E-state index in [0.717, 1.165) is 11.3 Å². The maximum absolute atomic E-state index is 5.77. The lowest BCUT2D eigenvalue weighted by Crippen LogP contribution is -2.01. The van der Waals surface area contributed by atoms with Gasteiger partial charge in [0.05, 0.1) is 13.7 Å². The Hall–Kier alpha value is -2.02. The van der Waals surface area contributed by atoms with Crippen LogP contribution in [0.4, 0.5) is 0 Å². The average Bonchev–Trinajstić information content (AvgIpc) is 2.46. The van der Waals surface area contributed by atoms with Gasteiger partial charge in [0.25, 0.3) is 0 Å². The highest BCUT2D eigenvalue weighted by molar-refractivity contribution is 5.30. The lowest BCUT2D eigenvalue weighted by Gasteiger charge is -2.13. The first-order valence-electron chi connectivity index (χ1n) is 6.21. The van der Waals surface area contributed by atoms with Crippen LogP contribution in [0.5, 0.6) is 5.75 Å². The summed E-state index contributed by atoms with van der Waals surface area (Å²) in [7, 11) is 1.65. The molecule has 1 rings (SSSR count). The maximum atomic E-state index is 5.77. The predicted octanol–water partition coefficient (Wildman–Crippen LogP) is 4.23. The molecule has 0 aliphatic rings. The molecule has 0 N–H and O–H groups in total. The highest BCUT2D eigenvalue weighted by atomic mass is 16.5. The zero-order valence-electron chi connectivity index (χ0n) is 11.5. The van der Waals surface area contributed by atoms with Gasteiger partial charge in [-0.2, -0.15) is 0 Å². The van der Waals surface area contributed by atoms with Gasteiger partial charge >= 0.3 is 0 Å². The van der Waals surface area contributed by atoms with Gasteiger partial charge in [0.1, 0.15) is 11.9 Å². The van der Waals surface area contributed by atoms with Crippen molar-refractivity contribution in [2.24, 2.45) is 0 Å². The van der Waals surface area contributed by atoms with E-state index in [2.05, 4.69) is 12.3 Å². The van der Waals surface area contributed by atoms with Crippen LogP contribution >= 0.6 is 0 Å². The van der Waals surface area contributed by atoms with Gasteiger partial charge in [0, 0.05) is 0 Å². The fourth-order valence-corrected chi connectivity index (χ4v) is 1.55. The molecule has 0 heterocycles. The molecule has 0 saturated carbocycles. The highest BCUT2D eigenvalue weighted by Gasteiger charge is 2.07. The van der Waals surface area contributed by atoms with E-state index in [1.165, 1.54) is 0 Å². The lowest BCUT2D eigenvalue weighted by atomic mass is 10.1. The second-order valence-electron chi connectivity index (χ2n) is 3.85. The number of benzene rings is 1. The molecule has 19 heavy (non-hydrogen) atoms. The molecule has 2 heteroatoms. The Bertz CT molecular complexity index is 463. The van der Waals surface area contributed by atoms with Crippen molar-refractivity contribution >= 4 is 0 Å². The summed E-state index contributed by atoms with van der Waals surface area (Å²) in [6.45, 7) is 6.12. The molecule has 0 aliphatic heterocycles. The summed E-state index contributed by atoms with van der Waals surface area (Å²) >= 11 is 0. The smallest absolute Gasteiger partial charge is 0.118 e. The van der Waals surface area contributed by atoms with E-state index in [1.54, 1.807) is 7.11 Å². The number of methoxy groups -OCH3 is 1. The van der Waals surface area contributed by atoms with E-state index in [9.17, 15) is 0 Å². The van der Waals surface area contributed by atoms with Gasteiger partial charge in [-0.15, -0.1) is 5.73 Å².